The van der Waals surface area contributed by atoms with E-state index in [4.69, 9.17) is 29.4 Å². The van der Waals surface area contributed by atoms with Gasteiger partial charge < -0.3 is 70.5 Å². The second-order valence-electron chi connectivity index (χ2n) is 20.4. The molecule has 7 atom stereocenters. The number of likely N-dealkylation sites (tertiary alicyclic amines) is 1. The van der Waals surface area contributed by atoms with Crippen molar-refractivity contribution in [1.29, 1.82) is 0 Å². The molecule has 2 aromatic rings. The maximum Gasteiger partial charge on any atom is 0.408 e. The van der Waals surface area contributed by atoms with E-state index in [0.29, 0.717) is 37.1 Å². The number of rotatable bonds is 33. The molecule has 1 saturated heterocycles. The number of amides is 8. The van der Waals surface area contributed by atoms with Gasteiger partial charge >= 0.3 is 12.1 Å². The Bertz CT molecular complexity index is 2520. The van der Waals surface area contributed by atoms with Crippen molar-refractivity contribution in [1.82, 2.24) is 31.1 Å². The van der Waals surface area contributed by atoms with Crippen LogP contribution in [0.4, 0.5) is 32.4 Å². The van der Waals surface area contributed by atoms with E-state index in [-0.39, 0.29) is 63.7 Å². The van der Waals surface area contributed by atoms with E-state index in [1.54, 1.807) is 44.9 Å². The molecule has 1 unspecified atom stereocenters. The molecule has 0 aromatic heterocycles. The summed E-state index contributed by atoms with van der Waals surface area (Å²) in [6.07, 6.45) is -1.15. The zero-order chi connectivity index (χ0) is 61.6. The van der Waals surface area contributed by atoms with E-state index in [0.717, 1.165) is 0 Å². The van der Waals surface area contributed by atoms with Crippen LogP contribution in [0.15, 0.2) is 24.3 Å². The minimum absolute atomic E-state index is 0.0642. The van der Waals surface area contributed by atoms with Gasteiger partial charge in [-0.15, -0.1) is 0 Å². The van der Waals surface area contributed by atoms with Gasteiger partial charge in [-0.25, -0.2) is 18.0 Å². The molecule has 0 bridgehead atoms. The molecule has 1 fully saturated rings. The van der Waals surface area contributed by atoms with Crippen LogP contribution in [0.3, 0.4) is 0 Å². The van der Waals surface area contributed by atoms with Crippen LogP contribution in [0.5, 0.6) is 5.75 Å². The van der Waals surface area contributed by atoms with Crippen molar-refractivity contribution in [3.05, 3.63) is 58.9 Å². The fourth-order valence-corrected chi connectivity index (χ4v) is 8.77. The van der Waals surface area contributed by atoms with Crippen molar-refractivity contribution in [2.45, 2.75) is 129 Å². The van der Waals surface area contributed by atoms with E-state index in [9.17, 15) is 65.1 Å². The summed E-state index contributed by atoms with van der Waals surface area (Å²) in [5, 5.41) is 12.7. The predicted octanol–water partition coefficient (Wildman–Crippen LogP) is 3.52. The van der Waals surface area contributed by atoms with Gasteiger partial charge in [0.25, 0.3) is 0 Å². The highest BCUT2D eigenvalue weighted by Crippen LogP contribution is 2.31. The van der Waals surface area contributed by atoms with E-state index < -0.39 is 144 Å². The number of methoxy groups -OCH3 is 2. The third kappa shape index (κ3) is 20.4. The highest BCUT2D eigenvalue weighted by atomic mass is 19.2. The number of esters is 1. The molecule has 1 aliphatic rings. The smallest absolute Gasteiger partial charge is 0.408 e. The second kappa shape index (κ2) is 33.2. The maximum atomic E-state index is 13.8. The van der Waals surface area contributed by atoms with Crippen molar-refractivity contribution in [2.24, 2.45) is 23.5 Å². The number of hydrogen-bond acceptors (Lipinski definition) is 15. The van der Waals surface area contributed by atoms with Gasteiger partial charge in [-0.1, -0.05) is 53.2 Å². The lowest BCUT2D eigenvalue weighted by atomic mass is 9.90. The SMILES string of the molecule is CC[C@H](C)[C@@H]([C@@H](CC(=O)N1CCC[C@H]1[C@H](OC)[C@@H](C)C(N)=O)OC)N(C)C(=O)CNC(=O)C(C)(C)NC(=O)OCc1ccc(NC(=O)CNC(=O)C(NC(=O)CCOCCOCCC(=O)Oc2c(F)c(F)c(F)c(F)c2F)C(C)C)cc1. The van der Waals surface area contributed by atoms with Gasteiger partial charge in [0.2, 0.25) is 76.2 Å². The van der Waals surface area contributed by atoms with Crippen LogP contribution in [-0.2, 0) is 68.6 Å². The molecule has 0 aliphatic carbocycles. The molecule has 458 valence electrons. The number of primary amides is 1. The summed E-state index contributed by atoms with van der Waals surface area (Å²) in [4.78, 5) is 119. The molecule has 82 heavy (non-hydrogen) atoms. The monoisotopic (exact) mass is 1170 g/mol. The molecule has 3 rings (SSSR count). The highest BCUT2D eigenvalue weighted by Gasteiger charge is 2.42. The van der Waals surface area contributed by atoms with Crippen LogP contribution < -0.4 is 37.1 Å². The Kier molecular flexibility index (Phi) is 28.0. The standard InChI is InChI=1S/C54H77F5N8O15/c1-11-30(4)47(35(77-9)25-38(70)67-20-12-13-34(67)48(78-10)31(5)50(60)73)66(8)39(71)27-62-52(75)54(6,7)65-53(76)81-28-32-14-16-33(17-15-32)63-37(69)26-61-51(74)46(29(2)3)64-36(68)18-21-79-23-24-80-22-19-40(72)82-49-44(58)42(56)41(55)43(57)45(49)59/h14-17,29-31,34-35,46-48H,11-13,18-28H2,1-10H3,(H2,60,73)(H,61,74)(H,62,75)(H,63,69)(H,64,68)(H,65,76)/t30-,31+,34-,35+,46?,47-,48+/m0/s1. The number of benzene rings is 2. The number of carbonyl (C=O) groups is 9. The Hall–Kier alpha value is -7.04. The van der Waals surface area contributed by atoms with Gasteiger partial charge in [-0.05, 0) is 56.2 Å². The van der Waals surface area contributed by atoms with Gasteiger partial charge in [0, 0.05) is 39.9 Å². The fourth-order valence-electron chi connectivity index (χ4n) is 8.77. The highest BCUT2D eigenvalue weighted by molar-refractivity contribution is 5.96. The Labute approximate surface area is 472 Å². The van der Waals surface area contributed by atoms with Gasteiger partial charge in [0.05, 0.1) is 82.6 Å². The minimum Gasteiger partial charge on any atom is -0.445 e. The first-order chi connectivity index (χ1) is 38.6. The molecule has 8 amide bonds. The molecule has 0 radical (unpaired) electrons. The summed E-state index contributed by atoms with van der Waals surface area (Å²) in [7, 11) is 4.51. The van der Waals surface area contributed by atoms with E-state index >= 15 is 0 Å². The Balaban J connectivity index is 1.38. The molecular weight excluding hydrogens is 1100 g/mol. The van der Waals surface area contributed by atoms with E-state index in [1.807, 2.05) is 13.8 Å². The largest absolute Gasteiger partial charge is 0.445 e. The maximum absolute atomic E-state index is 13.8. The number of likely N-dealkylation sites (N-methyl/N-ethyl adjacent to an activating group) is 1. The molecule has 28 heteroatoms. The van der Waals surface area contributed by atoms with Crippen LogP contribution in [-0.4, -0.2) is 166 Å². The minimum atomic E-state index is -2.41. The summed E-state index contributed by atoms with van der Waals surface area (Å²) >= 11 is 0. The van der Waals surface area contributed by atoms with E-state index in [1.165, 1.54) is 45.1 Å². The number of anilines is 1. The van der Waals surface area contributed by atoms with E-state index in [2.05, 4.69) is 31.3 Å². The van der Waals surface area contributed by atoms with Crippen molar-refractivity contribution in [3.63, 3.8) is 0 Å². The van der Waals surface area contributed by atoms with Gasteiger partial charge in [-0.3, -0.25) is 38.4 Å². The number of ether oxygens (including phenoxy) is 6. The van der Waals surface area contributed by atoms with Crippen LogP contribution in [0.1, 0.15) is 92.6 Å². The number of halogens is 5. The Morgan fingerprint density at radius 2 is 1.39 bits per heavy atom. The second-order valence-corrected chi connectivity index (χ2v) is 20.4. The summed E-state index contributed by atoms with van der Waals surface area (Å²) in [6.45, 7) is 10.4. The number of nitrogens with zero attached hydrogens (tertiary/aromatic N) is 2. The first-order valence-electron chi connectivity index (χ1n) is 26.6. The summed E-state index contributed by atoms with van der Waals surface area (Å²) in [6, 6.07) is 4.20. The molecule has 23 nitrogen and oxygen atoms in total. The van der Waals surface area contributed by atoms with Crippen molar-refractivity contribution >= 4 is 59.1 Å². The summed E-state index contributed by atoms with van der Waals surface area (Å²) in [5.74, 6) is -19.5. The van der Waals surface area contributed by atoms with Crippen LogP contribution in [0, 0.1) is 46.8 Å². The van der Waals surface area contributed by atoms with Crippen LogP contribution >= 0.6 is 0 Å². The number of nitrogens with two attached hydrogens (primary N) is 1. The molecule has 0 saturated carbocycles. The third-order valence-corrected chi connectivity index (χ3v) is 13.7. The number of nitrogens with one attached hydrogen (secondary N) is 5. The van der Waals surface area contributed by atoms with Crippen molar-refractivity contribution in [2.75, 3.05) is 72.6 Å². The predicted molar refractivity (Wildman–Crippen MR) is 283 cm³/mol. The average molecular weight is 1170 g/mol. The van der Waals surface area contributed by atoms with Crippen molar-refractivity contribution < 1.29 is 93.5 Å². The molecule has 0 spiro atoms. The normalized spacial score (nSPS) is 15.5. The van der Waals surface area contributed by atoms with Crippen molar-refractivity contribution in [3.8, 4) is 5.75 Å². The topological polar surface area (TPSA) is 302 Å². The zero-order valence-corrected chi connectivity index (χ0v) is 47.8. The first-order valence-corrected chi connectivity index (χ1v) is 26.6. The molecule has 7 N–H and O–H groups in total. The molecule has 1 heterocycles. The van der Waals surface area contributed by atoms with Crippen LogP contribution in [0.25, 0.3) is 0 Å². The first kappa shape index (κ1) is 69.2. The quantitative estimate of drug-likeness (QED) is 0.0149. The molecule has 1 aliphatic heterocycles. The number of alkyl carbamates (subject to hydrolysis) is 1. The third-order valence-electron chi connectivity index (χ3n) is 13.7. The van der Waals surface area contributed by atoms with Crippen LogP contribution in [0.2, 0.25) is 0 Å². The Morgan fingerprint density at radius 3 is 1.95 bits per heavy atom. The summed E-state index contributed by atoms with van der Waals surface area (Å²) in [5.41, 5.74) is 4.88. The lowest BCUT2D eigenvalue weighted by Crippen LogP contribution is -2.57. The lowest BCUT2D eigenvalue weighted by molar-refractivity contribution is -0.145. The average Bonchev–Trinajstić information content (AvgIpc) is 3.93. The van der Waals surface area contributed by atoms with Gasteiger partial charge in [0.1, 0.15) is 18.2 Å². The number of carbonyl (C=O) groups excluding carboxylic acids is 9. The van der Waals surface area contributed by atoms with Gasteiger partial charge in [0.15, 0.2) is 0 Å². The Morgan fingerprint density at radius 1 is 0.793 bits per heavy atom. The van der Waals surface area contributed by atoms with Gasteiger partial charge in [-0.2, -0.15) is 8.78 Å². The fraction of sp³-hybridized carbons (Fsp3) is 0.611. The summed E-state index contributed by atoms with van der Waals surface area (Å²) < 4.78 is 98.8. The molecule has 2 aromatic carbocycles. The lowest BCUT2D eigenvalue weighted by Gasteiger charge is -2.39. The molecular formula is C54H77F5N8O15. The number of hydrogen-bond donors (Lipinski definition) is 6. The zero-order valence-electron chi connectivity index (χ0n) is 47.8.